The van der Waals surface area contributed by atoms with Crippen LogP contribution in [0.3, 0.4) is 0 Å². The van der Waals surface area contributed by atoms with E-state index in [0.717, 1.165) is 9.87 Å². The number of amides is 1. The van der Waals surface area contributed by atoms with Gasteiger partial charge in [-0.2, -0.15) is 5.10 Å². The minimum Gasteiger partial charge on any atom is -0.493 e. The molecular formula is C25H26N4O8S. The van der Waals surface area contributed by atoms with Gasteiger partial charge in [-0.3, -0.25) is 19.2 Å². The van der Waals surface area contributed by atoms with Crippen molar-refractivity contribution in [3.8, 4) is 17.2 Å². The van der Waals surface area contributed by atoms with Crippen molar-refractivity contribution < 1.29 is 32.3 Å². The van der Waals surface area contributed by atoms with Crippen molar-refractivity contribution in [2.24, 2.45) is 5.10 Å². The van der Waals surface area contributed by atoms with Gasteiger partial charge in [0.25, 0.3) is 15.9 Å². The number of methoxy groups -OCH3 is 3. The zero-order valence-electron chi connectivity index (χ0n) is 21.1. The molecule has 0 aliphatic heterocycles. The first kappa shape index (κ1) is 27.9. The number of nitro groups is 1. The van der Waals surface area contributed by atoms with Gasteiger partial charge in [0.2, 0.25) is 0 Å². The van der Waals surface area contributed by atoms with Gasteiger partial charge in [0, 0.05) is 17.7 Å². The van der Waals surface area contributed by atoms with Crippen LogP contribution in [0.2, 0.25) is 0 Å². The summed E-state index contributed by atoms with van der Waals surface area (Å²) in [5.74, 6) is -0.113. The fraction of sp³-hybridized carbons (Fsp3) is 0.200. The average molecular weight is 543 g/mol. The van der Waals surface area contributed by atoms with E-state index in [-0.39, 0.29) is 27.8 Å². The third-order valence-electron chi connectivity index (χ3n) is 5.35. The molecule has 0 aromatic heterocycles. The van der Waals surface area contributed by atoms with E-state index in [4.69, 9.17) is 14.2 Å². The molecule has 0 bridgehead atoms. The number of carbonyl (C=O) groups excluding carboxylic acids is 1. The van der Waals surface area contributed by atoms with E-state index in [1.165, 1.54) is 63.9 Å². The van der Waals surface area contributed by atoms with Crippen LogP contribution in [-0.2, 0) is 14.8 Å². The molecule has 0 radical (unpaired) electrons. The number of aryl methyl sites for hydroxylation is 1. The van der Waals surface area contributed by atoms with E-state index in [1.54, 1.807) is 24.3 Å². The molecule has 0 spiro atoms. The standard InChI is InChI=1S/C25H26N4O8S/c1-17-5-8-19(9-6-17)28(38(33,34)20-10-12-23(36-3)24(14-20)37-4)16-25(30)27-26-15-18-7-11-22(35-2)21(13-18)29(31)32/h5-15H,16H2,1-4H3,(H,27,30)/b26-15-. The molecule has 0 unspecified atom stereocenters. The molecule has 1 amide bonds. The van der Waals surface area contributed by atoms with E-state index in [2.05, 4.69) is 10.5 Å². The summed E-state index contributed by atoms with van der Waals surface area (Å²) in [6.45, 7) is 1.25. The summed E-state index contributed by atoms with van der Waals surface area (Å²) in [5, 5.41) is 15.0. The van der Waals surface area contributed by atoms with Gasteiger partial charge in [-0.15, -0.1) is 0 Å². The van der Waals surface area contributed by atoms with Crippen molar-refractivity contribution in [2.45, 2.75) is 11.8 Å². The van der Waals surface area contributed by atoms with Crippen LogP contribution in [0.5, 0.6) is 17.2 Å². The number of anilines is 1. The van der Waals surface area contributed by atoms with Crippen LogP contribution >= 0.6 is 0 Å². The van der Waals surface area contributed by atoms with E-state index >= 15 is 0 Å². The first-order valence-corrected chi connectivity index (χ1v) is 12.5. The maximum Gasteiger partial charge on any atom is 0.311 e. The largest absolute Gasteiger partial charge is 0.493 e. The highest BCUT2D eigenvalue weighted by Gasteiger charge is 2.28. The molecule has 0 aliphatic carbocycles. The second kappa shape index (κ2) is 12.1. The molecule has 0 heterocycles. The summed E-state index contributed by atoms with van der Waals surface area (Å²) < 4.78 is 43.5. The Morgan fingerprint density at radius 2 is 1.61 bits per heavy atom. The monoisotopic (exact) mass is 542 g/mol. The Labute approximate surface area is 219 Å². The number of ether oxygens (including phenoxy) is 3. The summed E-state index contributed by atoms with van der Waals surface area (Å²) in [7, 11) is -0.0977. The number of nitro benzene ring substituents is 1. The second-order valence-corrected chi connectivity index (χ2v) is 9.71. The van der Waals surface area contributed by atoms with E-state index in [1.807, 2.05) is 6.92 Å². The van der Waals surface area contributed by atoms with Crippen molar-refractivity contribution in [3.63, 3.8) is 0 Å². The highest BCUT2D eigenvalue weighted by molar-refractivity contribution is 7.92. The molecule has 0 atom stereocenters. The average Bonchev–Trinajstić information content (AvgIpc) is 2.91. The first-order valence-electron chi connectivity index (χ1n) is 11.1. The molecule has 3 aromatic rings. The van der Waals surface area contributed by atoms with Crippen molar-refractivity contribution in [1.82, 2.24) is 5.43 Å². The number of rotatable bonds is 11. The summed E-state index contributed by atoms with van der Waals surface area (Å²) in [6.07, 6.45) is 1.20. The van der Waals surface area contributed by atoms with Gasteiger partial charge in [0.1, 0.15) is 6.54 Å². The van der Waals surface area contributed by atoms with Crippen LogP contribution in [-0.4, -0.2) is 53.3 Å². The van der Waals surface area contributed by atoms with E-state index in [9.17, 15) is 23.3 Å². The Hall–Kier alpha value is -4.65. The maximum absolute atomic E-state index is 13.6. The predicted octanol–water partition coefficient (Wildman–Crippen LogP) is 3.27. The van der Waals surface area contributed by atoms with Crippen LogP contribution in [0.15, 0.2) is 70.7 Å². The van der Waals surface area contributed by atoms with Gasteiger partial charge in [0.05, 0.1) is 43.1 Å². The van der Waals surface area contributed by atoms with Gasteiger partial charge in [0.15, 0.2) is 17.2 Å². The Bertz CT molecular complexity index is 1460. The van der Waals surface area contributed by atoms with Gasteiger partial charge in [-0.1, -0.05) is 17.7 Å². The molecule has 0 saturated heterocycles. The number of nitrogens with zero attached hydrogens (tertiary/aromatic N) is 3. The molecule has 38 heavy (non-hydrogen) atoms. The van der Waals surface area contributed by atoms with Crippen LogP contribution in [0.4, 0.5) is 11.4 Å². The number of nitrogens with one attached hydrogen (secondary N) is 1. The Morgan fingerprint density at radius 3 is 2.21 bits per heavy atom. The molecule has 200 valence electrons. The van der Waals surface area contributed by atoms with Crippen LogP contribution in [0.1, 0.15) is 11.1 Å². The van der Waals surface area contributed by atoms with E-state index in [0.29, 0.717) is 11.3 Å². The zero-order chi connectivity index (χ0) is 27.9. The third-order valence-corrected chi connectivity index (χ3v) is 7.12. The van der Waals surface area contributed by atoms with Crippen LogP contribution in [0, 0.1) is 17.0 Å². The lowest BCUT2D eigenvalue weighted by molar-refractivity contribution is -0.385. The topological polar surface area (TPSA) is 150 Å². The first-order chi connectivity index (χ1) is 18.1. The number of sulfonamides is 1. The van der Waals surface area contributed by atoms with E-state index < -0.39 is 27.4 Å². The summed E-state index contributed by atoms with van der Waals surface area (Å²) in [5.41, 5.74) is 3.48. The van der Waals surface area contributed by atoms with Crippen molar-refractivity contribution >= 4 is 33.5 Å². The van der Waals surface area contributed by atoms with Gasteiger partial charge in [-0.05, 0) is 43.3 Å². The second-order valence-electron chi connectivity index (χ2n) is 7.85. The summed E-state index contributed by atoms with van der Waals surface area (Å²) in [6, 6.07) is 14.9. The Kier molecular flexibility index (Phi) is 8.86. The third kappa shape index (κ3) is 6.37. The molecule has 13 heteroatoms. The summed E-state index contributed by atoms with van der Waals surface area (Å²) in [4.78, 5) is 23.3. The SMILES string of the molecule is COc1ccc(S(=O)(=O)N(CC(=O)N/N=C\c2ccc(OC)c([N+](=O)[O-])c2)c2ccc(C)cc2)cc1OC. The van der Waals surface area contributed by atoms with Crippen LogP contribution < -0.4 is 23.9 Å². The highest BCUT2D eigenvalue weighted by atomic mass is 32.2. The number of hydrazone groups is 1. The normalized spacial score (nSPS) is 11.2. The molecular weight excluding hydrogens is 516 g/mol. The summed E-state index contributed by atoms with van der Waals surface area (Å²) >= 11 is 0. The lowest BCUT2D eigenvalue weighted by Crippen LogP contribution is -2.39. The molecule has 12 nitrogen and oxygen atoms in total. The number of benzene rings is 3. The fourth-order valence-electron chi connectivity index (χ4n) is 3.40. The molecule has 3 aromatic carbocycles. The lowest BCUT2D eigenvalue weighted by Gasteiger charge is -2.24. The van der Waals surface area contributed by atoms with Crippen molar-refractivity contribution in [3.05, 3.63) is 81.9 Å². The van der Waals surface area contributed by atoms with Crippen LogP contribution in [0.25, 0.3) is 0 Å². The van der Waals surface area contributed by atoms with Gasteiger partial charge < -0.3 is 14.2 Å². The quantitative estimate of drug-likeness (QED) is 0.220. The maximum atomic E-state index is 13.6. The van der Waals surface area contributed by atoms with Gasteiger partial charge >= 0.3 is 5.69 Å². The smallest absolute Gasteiger partial charge is 0.311 e. The molecule has 3 rings (SSSR count). The Morgan fingerprint density at radius 1 is 0.974 bits per heavy atom. The molecule has 0 fully saturated rings. The minimum atomic E-state index is -4.22. The van der Waals surface area contributed by atoms with Gasteiger partial charge in [-0.25, -0.2) is 13.8 Å². The molecule has 1 N–H and O–H groups in total. The predicted molar refractivity (Wildman–Crippen MR) is 141 cm³/mol. The minimum absolute atomic E-state index is 0.0743. The lowest BCUT2D eigenvalue weighted by atomic mass is 10.2. The number of hydrogen-bond acceptors (Lipinski definition) is 9. The molecule has 0 aliphatic rings. The fourth-order valence-corrected chi connectivity index (χ4v) is 4.84. The number of carbonyl (C=O) groups is 1. The number of hydrogen-bond donors (Lipinski definition) is 1. The van der Waals surface area contributed by atoms with Crippen molar-refractivity contribution in [2.75, 3.05) is 32.2 Å². The Balaban J connectivity index is 1.87. The highest BCUT2D eigenvalue weighted by Crippen LogP contribution is 2.32. The van der Waals surface area contributed by atoms with Crippen molar-refractivity contribution in [1.29, 1.82) is 0 Å². The zero-order valence-corrected chi connectivity index (χ0v) is 21.9. The molecule has 0 saturated carbocycles.